The van der Waals surface area contributed by atoms with Crippen LogP contribution in [0.15, 0.2) is 28.8 Å². The van der Waals surface area contributed by atoms with Gasteiger partial charge in [-0.05, 0) is 63.0 Å². The number of hydrogen-bond donors (Lipinski definition) is 1. The van der Waals surface area contributed by atoms with Crippen molar-refractivity contribution >= 4 is 11.6 Å². The number of carbonyl (C=O) groups excluding carboxylic acids is 1. The van der Waals surface area contributed by atoms with Crippen molar-refractivity contribution < 1.29 is 9.32 Å². The molecule has 0 saturated carbocycles. The number of benzene rings is 1. The minimum atomic E-state index is -0.301. The third kappa shape index (κ3) is 5.59. The second-order valence-electron chi connectivity index (χ2n) is 8.38. The van der Waals surface area contributed by atoms with Gasteiger partial charge in [-0.15, -0.1) is 0 Å². The third-order valence-corrected chi connectivity index (χ3v) is 6.13. The smallest absolute Gasteiger partial charge is 0.316 e. The molecule has 162 valence electrons. The summed E-state index contributed by atoms with van der Waals surface area (Å²) in [5, 5.41) is 6.91. The van der Waals surface area contributed by atoms with Crippen molar-refractivity contribution in [3.63, 3.8) is 0 Å². The highest BCUT2D eigenvalue weighted by Gasteiger charge is 2.17. The molecule has 2 aliphatic rings. The number of hydrogen-bond acceptors (Lipinski definition) is 6. The first kappa shape index (κ1) is 20.8. The Bertz CT molecular complexity index is 788. The fourth-order valence-corrected chi connectivity index (χ4v) is 4.35. The highest BCUT2D eigenvalue weighted by Crippen LogP contribution is 2.23. The third-order valence-electron chi connectivity index (χ3n) is 6.13. The van der Waals surface area contributed by atoms with Crippen molar-refractivity contribution in [2.75, 3.05) is 44.2 Å². The number of anilines is 1. The van der Waals surface area contributed by atoms with Gasteiger partial charge in [-0.25, -0.2) is 0 Å². The molecule has 0 bridgehead atoms. The van der Waals surface area contributed by atoms with Crippen molar-refractivity contribution in [1.29, 1.82) is 0 Å². The molecule has 2 aliphatic heterocycles. The Kier molecular flexibility index (Phi) is 7.34. The number of rotatable bonds is 6. The molecule has 7 heteroatoms. The molecule has 1 aromatic heterocycles. The molecule has 3 heterocycles. The van der Waals surface area contributed by atoms with E-state index in [9.17, 15) is 4.79 Å². The molecule has 0 spiro atoms. The van der Waals surface area contributed by atoms with Gasteiger partial charge in [0.25, 0.3) is 0 Å². The monoisotopic (exact) mass is 411 g/mol. The largest absolute Gasteiger partial charge is 0.372 e. The fraction of sp³-hybridized carbons (Fsp3) is 0.609. The summed E-state index contributed by atoms with van der Waals surface area (Å²) >= 11 is 0. The van der Waals surface area contributed by atoms with Crippen LogP contribution in [-0.4, -0.2) is 60.2 Å². The molecule has 2 saturated heterocycles. The first-order chi connectivity index (χ1) is 14.8. The van der Waals surface area contributed by atoms with Crippen LogP contribution in [-0.2, 0) is 0 Å². The van der Waals surface area contributed by atoms with Crippen molar-refractivity contribution in [2.45, 2.75) is 51.4 Å². The van der Waals surface area contributed by atoms with E-state index in [1.807, 2.05) is 12.1 Å². The molecule has 30 heavy (non-hydrogen) atoms. The van der Waals surface area contributed by atoms with Crippen LogP contribution in [0, 0.1) is 0 Å². The maximum absolute atomic E-state index is 12.4. The van der Waals surface area contributed by atoms with E-state index in [2.05, 4.69) is 37.4 Å². The Morgan fingerprint density at radius 1 is 0.900 bits per heavy atom. The number of likely N-dealkylation sites (tertiary alicyclic amines) is 1. The molecule has 0 radical (unpaired) electrons. The molecule has 1 N–H and O–H groups in total. The Labute approximate surface area is 178 Å². The van der Waals surface area contributed by atoms with Crippen LogP contribution in [0.25, 0.3) is 11.4 Å². The van der Waals surface area contributed by atoms with Gasteiger partial charge < -0.3 is 19.6 Å². The topological polar surface area (TPSA) is 74.5 Å². The maximum Gasteiger partial charge on any atom is 0.316 e. The number of aromatic nitrogens is 2. The Morgan fingerprint density at radius 2 is 1.53 bits per heavy atom. The Hall–Kier alpha value is -2.41. The van der Waals surface area contributed by atoms with Crippen LogP contribution in [0.3, 0.4) is 0 Å². The van der Waals surface area contributed by atoms with E-state index < -0.39 is 0 Å². The summed E-state index contributed by atoms with van der Waals surface area (Å²) in [5.74, 6) is 0.178. The van der Waals surface area contributed by atoms with Crippen molar-refractivity contribution in [1.82, 2.24) is 20.4 Å². The lowest BCUT2D eigenvalue weighted by Crippen LogP contribution is -2.35. The summed E-state index contributed by atoms with van der Waals surface area (Å²) < 4.78 is 5.21. The number of carbonyl (C=O) groups is 1. The molecule has 7 nitrogen and oxygen atoms in total. The first-order valence-corrected chi connectivity index (χ1v) is 11.5. The standard InChI is InChI=1S/C23H33N5O2/c29-22(24-13-18-27-14-5-1-2-6-15-27)23-25-21(26-30-23)19-9-11-20(12-10-19)28-16-7-3-4-8-17-28/h9-12H,1-8,13-18H2,(H,24,29). The van der Waals surface area contributed by atoms with Gasteiger partial charge in [-0.2, -0.15) is 4.98 Å². The molecular weight excluding hydrogens is 378 g/mol. The van der Waals surface area contributed by atoms with E-state index in [4.69, 9.17) is 4.52 Å². The van der Waals surface area contributed by atoms with Crippen LogP contribution in [0.1, 0.15) is 62.1 Å². The average Bonchev–Trinajstić information content (AvgIpc) is 2.95. The summed E-state index contributed by atoms with van der Waals surface area (Å²) in [7, 11) is 0. The van der Waals surface area contributed by atoms with Crippen molar-refractivity contribution in [2.24, 2.45) is 0 Å². The van der Waals surface area contributed by atoms with Gasteiger partial charge in [0.2, 0.25) is 5.82 Å². The number of amides is 1. The molecular formula is C23H33N5O2. The molecule has 4 rings (SSSR count). The lowest BCUT2D eigenvalue weighted by Gasteiger charge is -2.22. The van der Waals surface area contributed by atoms with E-state index in [0.717, 1.165) is 38.3 Å². The van der Waals surface area contributed by atoms with Gasteiger partial charge in [-0.1, -0.05) is 30.8 Å². The van der Waals surface area contributed by atoms with Crippen molar-refractivity contribution in [3.05, 3.63) is 30.2 Å². The Balaban J connectivity index is 1.30. The summed E-state index contributed by atoms with van der Waals surface area (Å²) in [4.78, 5) is 21.5. The molecule has 0 unspecified atom stereocenters. The second kappa shape index (κ2) is 10.6. The molecule has 2 aromatic rings. The highest BCUT2D eigenvalue weighted by atomic mass is 16.5. The van der Waals surface area contributed by atoms with Crippen LogP contribution < -0.4 is 10.2 Å². The van der Waals surface area contributed by atoms with E-state index >= 15 is 0 Å². The van der Waals surface area contributed by atoms with Crippen molar-refractivity contribution in [3.8, 4) is 11.4 Å². The highest BCUT2D eigenvalue weighted by molar-refractivity contribution is 5.89. The van der Waals surface area contributed by atoms with E-state index in [1.165, 1.54) is 57.1 Å². The fourth-order valence-electron chi connectivity index (χ4n) is 4.35. The average molecular weight is 412 g/mol. The van der Waals surface area contributed by atoms with Crippen LogP contribution in [0.4, 0.5) is 5.69 Å². The second-order valence-corrected chi connectivity index (χ2v) is 8.38. The summed E-state index contributed by atoms with van der Waals surface area (Å²) in [6.07, 6.45) is 10.3. The van der Waals surface area contributed by atoms with Crippen LogP contribution in [0.2, 0.25) is 0 Å². The van der Waals surface area contributed by atoms with Gasteiger partial charge in [-0.3, -0.25) is 4.79 Å². The maximum atomic E-state index is 12.4. The van der Waals surface area contributed by atoms with E-state index in [0.29, 0.717) is 12.4 Å². The van der Waals surface area contributed by atoms with E-state index in [-0.39, 0.29) is 11.8 Å². The van der Waals surface area contributed by atoms with Crippen LogP contribution in [0.5, 0.6) is 0 Å². The summed E-state index contributed by atoms with van der Waals surface area (Å²) in [6.45, 7) is 5.93. The predicted octanol–water partition coefficient (Wildman–Crippen LogP) is 3.72. The molecule has 0 aliphatic carbocycles. The Morgan fingerprint density at radius 3 is 2.20 bits per heavy atom. The molecule has 1 aromatic carbocycles. The zero-order chi connectivity index (χ0) is 20.6. The lowest BCUT2D eigenvalue weighted by molar-refractivity contribution is 0.0904. The number of nitrogens with zero attached hydrogens (tertiary/aromatic N) is 4. The SMILES string of the molecule is O=C(NCCN1CCCCCC1)c1nc(-c2ccc(N3CCCCCC3)cc2)no1. The van der Waals surface area contributed by atoms with Gasteiger partial charge in [0.15, 0.2) is 0 Å². The number of nitrogens with one attached hydrogen (secondary N) is 1. The van der Waals surface area contributed by atoms with Gasteiger partial charge in [0.1, 0.15) is 0 Å². The van der Waals surface area contributed by atoms with Gasteiger partial charge in [0, 0.05) is 37.4 Å². The molecule has 1 amide bonds. The zero-order valence-corrected chi connectivity index (χ0v) is 17.8. The normalized spacial score (nSPS) is 18.6. The van der Waals surface area contributed by atoms with E-state index in [1.54, 1.807) is 0 Å². The molecule has 0 atom stereocenters. The predicted molar refractivity (Wildman–Crippen MR) is 118 cm³/mol. The zero-order valence-electron chi connectivity index (χ0n) is 17.8. The quantitative estimate of drug-likeness (QED) is 0.781. The van der Waals surface area contributed by atoms with Gasteiger partial charge in [0.05, 0.1) is 0 Å². The molecule has 2 fully saturated rings. The van der Waals surface area contributed by atoms with Gasteiger partial charge >= 0.3 is 11.8 Å². The lowest BCUT2D eigenvalue weighted by atomic mass is 10.2. The first-order valence-electron chi connectivity index (χ1n) is 11.5. The summed E-state index contributed by atoms with van der Waals surface area (Å²) in [6, 6.07) is 8.23. The minimum absolute atomic E-state index is 0.0254. The minimum Gasteiger partial charge on any atom is -0.372 e. The summed E-state index contributed by atoms with van der Waals surface area (Å²) in [5.41, 5.74) is 2.09. The van der Waals surface area contributed by atoms with Crippen LogP contribution >= 0.6 is 0 Å².